The van der Waals surface area contributed by atoms with Crippen LogP contribution in [0.2, 0.25) is 0 Å². The number of ether oxygens (including phenoxy) is 2. The number of carbonyl (C=O) groups is 2. The van der Waals surface area contributed by atoms with E-state index < -0.39 is 5.43 Å². The van der Waals surface area contributed by atoms with Crippen molar-refractivity contribution >= 4 is 84.9 Å². The third-order valence-electron chi connectivity index (χ3n) is 12.2. The number of halogens is 2. The minimum Gasteiger partial charge on any atom is -0.457 e. The third-order valence-corrected chi connectivity index (χ3v) is 12.3. The second-order valence-electron chi connectivity index (χ2n) is 15.7. The Bertz CT molecular complexity index is 2460. The molecule has 1 amide bonds. The molecule has 2 radical (unpaired) electrons. The van der Waals surface area contributed by atoms with E-state index >= 15 is 0 Å². The van der Waals surface area contributed by atoms with Crippen LogP contribution in [0.15, 0.2) is 60.9 Å². The number of amides is 1. The molecule has 306 valence electrons. The highest BCUT2D eigenvalue weighted by Gasteiger charge is 2.45. The van der Waals surface area contributed by atoms with Crippen molar-refractivity contribution in [1.29, 1.82) is 0 Å². The van der Waals surface area contributed by atoms with E-state index in [2.05, 4.69) is 103 Å². The fraction of sp³-hybridized carbons (Fsp3) is 0.409. The van der Waals surface area contributed by atoms with Gasteiger partial charge in [-0.1, -0.05) is 37.1 Å². The first-order chi connectivity index (χ1) is 28.6. The highest BCUT2D eigenvalue weighted by molar-refractivity contribution is 14.1. The summed E-state index contributed by atoms with van der Waals surface area (Å²) in [5, 5.41) is 3.51. The Labute approximate surface area is 364 Å². The van der Waals surface area contributed by atoms with Crippen molar-refractivity contribution in [2.45, 2.75) is 88.9 Å². The molecule has 0 atom stereocenters. The number of pyridine rings is 2. The van der Waals surface area contributed by atoms with Gasteiger partial charge in [0.15, 0.2) is 17.0 Å². The summed E-state index contributed by atoms with van der Waals surface area (Å²) in [6, 6.07) is 17.7. The summed E-state index contributed by atoms with van der Waals surface area (Å²) in [6.45, 7) is 5.91. The number of nitrogens with one attached hydrogen (secondary N) is 3. The zero-order valence-corrected chi connectivity index (χ0v) is 36.9. The Morgan fingerprint density at radius 2 is 1.27 bits per heavy atom. The van der Waals surface area contributed by atoms with Crippen molar-refractivity contribution in [3.05, 3.63) is 106 Å². The Morgan fingerprint density at radius 3 is 1.78 bits per heavy atom. The van der Waals surface area contributed by atoms with E-state index in [1.165, 1.54) is 73.4 Å². The van der Waals surface area contributed by atoms with Crippen LogP contribution in [0.3, 0.4) is 0 Å². The van der Waals surface area contributed by atoms with E-state index in [1.807, 2.05) is 19.3 Å². The number of hydrogen-bond acceptors (Lipinski definition) is 9. The van der Waals surface area contributed by atoms with E-state index in [0.717, 1.165) is 90.3 Å². The van der Waals surface area contributed by atoms with Gasteiger partial charge in [-0.15, -0.1) is 0 Å². The normalized spacial score (nSPS) is 16.7. The Kier molecular flexibility index (Phi) is 13.1. The number of aromatic amines is 2. The third kappa shape index (κ3) is 8.52. The quantitative estimate of drug-likeness (QED) is 0.0892. The SMILES string of the molecule is COC(=O)Cl.COC(=O)N1CCCc2cc(C3(c4nc5ncc(C)cc5[nH]4)CCC3)ccc21.Cc1cnc2nc(C3(c4ccc5c(c4)CCCN5)CCC3)[nH]c2c1.[B]I. The van der Waals surface area contributed by atoms with Gasteiger partial charge < -0.3 is 24.8 Å². The summed E-state index contributed by atoms with van der Waals surface area (Å²) in [5.74, 6) is 2.10. The van der Waals surface area contributed by atoms with Gasteiger partial charge in [-0.05, 0) is 123 Å². The van der Waals surface area contributed by atoms with Gasteiger partial charge in [0.05, 0.1) is 41.8 Å². The van der Waals surface area contributed by atoms with Crippen LogP contribution in [0.25, 0.3) is 22.3 Å². The fourth-order valence-corrected chi connectivity index (χ4v) is 8.81. The van der Waals surface area contributed by atoms with E-state index in [4.69, 9.17) is 14.7 Å². The van der Waals surface area contributed by atoms with Crippen LogP contribution in [0.4, 0.5) is 21.0 Å². The molecular formula is C44H49BClIN8O4. The summed E-state index contributed by atoms with van der Waals surface area (Å²) < 4.78 is 8.83. The molecule has 0 unspecified atom stereocenters. The number of H-pyrrole nitrogens is 2. The Hall–Kier alpha value is -4.70. The maximum Gasteiger partial charge on any atom is 0.414 e. The molecule has 3 N–H and O–H groups in total. The molecule has 6 heterocycles. The lowest BCUT2D eigenvalue weighted by Crippen LogP contribution is -2.38. The number of benzene rings is 2. The van der Waals surface area contributed by atoms with Crippen LogP contribution >= 0.6 is 34.0 Å². The van der Waals surface area contributed by atoms with Gasteiger partial charge in [-0.2, -0.15) is 22.4 Å². The predicted molar refractivity (Wildman–Crippen MR) is 242 cm³/mol. The topological polar surface area (TPSA) is 151 Å². The molecule has 0 spiro atoms. The summed E-state index contributed by atoms with van der Waals surface area (Å²) in [4.78, 5) is 49.0. The molecular weight excluding hydrogens is 878 g/mol. The number of rotatable bonds is 4. The first-order valence-corrected chi connectivity index (χ1v) is 21.7. The van der Waals surface area contributed by atoms with Crippen LogP contribution in [0, 0.1) is 13.8 Å². The highest BCUT2D eigenvalue weighted by Crippen LogP contribution is 2.50. The number of imidazole rings is 2. The lowest BCUT2D eigenvalue weighted by Gasteiger charge is -2.41. The van der Waals surface area contributed by atoms with Crippen molar-refractivity contribution in [2.75, 3.05) is 37.5 Å². The monoisotopic (exact) mass is 926 g/mol. The minimum atomic E-state index is -0.773. The molecule has 12 nitrogen and oxygen atoms in total. The fourth-order valence-electron chi connectivity index (χ4n) is 8.81. The van der Waals surface area contributed by atoms with Crippen LogP contribution < -0.4 is 10.2 Å². The zero-order chi connectivity index (χ0) is 41.7. The molecule has 2 aliphatic carbocycles. The Balaban J connectivity index is 0.000000156. The largest absolute Gasteiger partial charge is 0.457 e. The van der Waals surface area contributed by atoms with Gasteiger partial charge in [0.2, 0.25) is 0 Å². The molecule has 2 saturated carbocycles. The maximum absolute atomic E-state index is 12.1. The van der Waals surface area contributed by atoms with Crippen molar-refractivity contribution in [3.8, 4) is 0 Å². The van der Waals surface area contributed by atoms with E-state index in [1.54, 1.807) is 27.3 Å². The maximum atomic E-state index is 12.1. The molecule has 6 aromatic rings. The molecule has 15 heteroatoms. The first-order valence-electron chi connectivity index (χ1n) is 20.1. The summed E-state index contributed by atoms with van der Waals surface area (Å²) in [5.41, 5.74) is 17.2. The van der Waals surface area contributed by atoms with Crippen LogP contribution in [0.5, 0.6) is 0 Å². The molecule has 10 rings (SSSR count). The number of hydrogen-bond donors (Lipinski definition) is 3. The van der Waals surface area contributed by atoms with Crippen molar-refractivity contribution in [3.63, 3.8) is 0 Å². The van der Waals surface area contributed by atoms with Crippen LogP contribution in [-0.4, -0.2) is 74.4 Å². The number of nitrogens with zero attached hydrogens (tertiary/aromatic N) is 5. The number of anilines is 2. The summed E-state index contributed by atoms with van der Waals surface area (Å²) in [6.07, 6.45) is 14.7. The minimum absolute atomic E-state index is 0.0427. The smallest absolute Gasteiger partial charge is 0.414 e. The van der Waals surface area contributed by atoms with Gasteiger partial charge >= 0.3 is 11.5 Å². The number of fused-ring (bicyclic) bond motifs is 4. The van der Waals surface area contributed by atoms with Crippen molar-refractivity contribution in [1.82, 2.24) is 29.9 Å². The van der Waals surface area contributed by atoms with Crippen LogP contribution in [-0.2, 0) is 33.1 Å². The molecule has 2 aromatic carbocycles. The second-order valence-corrected chi connectivity index (χ2v) is 16.0. The lowest BCUT2D eigenvalue weighted by atomic mass is 9.63. The molecule has 4 aromatic heterocycles. The van der Waals surface area contributed by atoms with Gasteiger partial charge in [0.1, 0.15) is 11.6 Å². The zero-order valence-electron chi connectivity index (χ0n) is 34.0. The first kappa shape index (κ1) is 42.4. The molecule has 0 bridgehead atoms. The standard InChI is InChI=1S/C22H24N4O2.C20H22N4.C2H3ClO2.BI/c1-14-11-17-19(23-13-14)25-20(24-17)22(8-4-9-22)16-6-7-18-15(12-16)5-3-10-26(18)21(27)28-2;1-13-10-17-18(22-12-13)24-19(23-17)20(7-3-8-20)15-5-6-16-14(11-15)4-2-9-21-16;1-5-2(3)4;1-2/h6-7,11-13H,3-5,8-10H2,1-2H3,(H,23,24,25);5-6,10-12,21H,2-4,7-9H2,1H3,(H,22,23,24);1H3;. The molecule has 0 saturated heterocycles. The van der Waals surface area contributed by atoms with Gasteiger partial charge in [0.25, 0.3) is 0 Å². The number of aromatic nitrogens is 6. The van der Waals surface area contributed by atoms with E-state index in [0.29, 0.717) is 6.54 Å². The summed E-state index contributed by atoms with van der Waals surface area (Å²) in [7, 11) is 2.65. The van der Waals surface area contributed by atoms with E-state index in [9.17, 15) is 9.59 Å². The highest BCUT2D eigenvalue weighted by atomic mass is 127. The molecule has 2 fully saturated rings. The van der Waals surface area contributed by atoms with Gasteiger partial charge in [-0.25, -0.2) is 29.5 Å². The van der Waals surface area contributed by atoms with Gasteiger partial charge in [-0.3, -0.25) is 4.90 Å². The molecule has 4 aliphatic rings. The number of aryl methyl sites for hydroxylation is 4. The van der Waals surface area contributed by atoms with Crippen LogP contribution in [0.1, 0.15) is 96.4 Å². The average molecular weight is 927 g/mol. The summed E-state index contributed by atoms with van der Waals surface area (Å²) >= 11 is 6.25. The van der Waals surface area contributed by atoms with E-state index in [-0.39, 0.29) is 16.9 Å². The van der Waals surface area contributed by atoms with Crippen molar-refractivity contribution < 1.29 is 19.1 Å². The average Bonchev–Trinajstić information content (AvgIpc) is 3.84. The molecule has 59 heavy (non-hydrogen) atoms. The second kappa shape index (κ2) is 18.3. The Morgan fingerprint density at radius 1 is 0.746 bits per heavy atom. The van der Waals surface area contributed by atoms with Gasteiger partial charge in [0, 0.05) is 42.8 Å². The predicted octanol–water partition coefficient (Wildman–Crippen LogP) is 9.85. The lowest BCUT2D eigenvalue weighted by molar-refractivity contribution is 0.178. The van der Waals surface area contributed by atoms with Crippen molar-refractivity contribution in [2.24, 2.45) is 0 Å². The number of carbonyl (C=O) groups excluding carboxylic acids is 2. The molecule has 2 aliphatic heterocycles. The number of methoxy groups -OCH3 is 2.